The van der Waals surface area contributed by atoms with Crippen molar-refractivity contribution in [1.29, 1.82) is 0 Å². The number of anilines is 3. The molecule has 0 atom stereocenters. The van der Waals surface area contributed by atoms with E-state index in [2.05, 4.69) is 5.32 Å². The van der Waals surface area contributed by atoms with E-state index in [4.69, 9.17) is 16.6 Å². The molecule has 2 aromatic carbocycles. The second-order valence-corrected chi connectivity index (χ2v) is 4.18. The van der Waals surface area contributed by atoms with Crippen molar-refractivity contribution in [1.82, 2.24) is 0 Å². The SMILES string of the molecule is NC(=O)c1cccc(Nc2ccc(C(=O)O)cc2N)c1. The summed E-state index contributed by atoms with van der Waals surface area (Å²) in [5.41, 5.74) is 13.0. The van der Waals surface area contributed by atoms with E-state index < -0.39 is 11.9 Å². The lowest BCUT2D eigenvalue weighted by atomic mass is 10.1. The molecular weight excluding hydrogens is 258 g/mol. The Morgan fingerprint density at radius 2 is 1.80 bits per heavy atom. The quantitative estimate of drug-likeness (QED) is 0.632. The average molecular weight is 271 g/mol. The molecule has 0 fully saturated rings. The Balaban J connectivity index is 2.28. The van der Waals surface area contributed by atoms with E-state index in [0.29, 0.717) is 22.6 Å². The molecule has 0 spiro atoms. The van der Waals surface area contributed by atoms with Gasteiger partial charge in [0.25, 0.3) is 0 Å². The molecule has 0 bridgehead atoms. The van der Waals surface area contributed by atoms with Crippen molar-refractivity contribution in [2.75, 3.05) is 11.1 Å². The number of carbonyl (C=O) groups excluding carboxylic acids is 1. The highest BCUT2D eigenvalue weighted by molar-refractivity contribution is 5.94. The monoisotopic (exact) mass is 271 g/mol. The Kier molecular flexibility index (Phi) is 3.56. The van der Waals surface area contributed by atoms with E-state index in [0.717, 1.165) is 0 Å². The lowest BCUT2D eigenvalue weighted by molar-refractivity contribution is 0.0696. The Morgan fingerprint density at radius 1 is 1.05 bits per heavy atom. The standard InChI is InChI=1S/C14H13N3O3/c15-11-7-9(14(19)20)4-5-12(11)17-10-3-1-2-8(6-10)13(16)18/h1-7,17H,15H2,(H2,16,18)(H,19,20). The Labute approximate surface area is 115 Å². The van der Waals surface area contributed by atoms with Gasteiger partial charge in [-0.05, 0) is 36.4 Å². The summed E-state index contributed by atoms with van der Waals surface area (Å²) in [6, 6.07) is 11.0. The van der Waals surface area contributed by atoms with Gasteiger partial charge < -0.3 is 21.9 Å². The number of carboxylic acid groups (broad SMARTS) is 1. The van der Waals surface area contributed by atoms with Gasteiger partial charge in [-0.3, -0.25) is 4.79 Å². The normalized spacial score (nSPS) is 10.0. The van der Waals surface area contributed by atoms with Crippen LogP contribution in [-0.4, -0.2) is 17.0 Å². The highest BCUT2D eigenvalue weighted by atomic mass is 16.4. The van der Waals surface area contributed by atoms with Crippen LogP contribution in [0.25, 0.3) is 0 Å². The molecule has 6 nitrogen and oxygen atoms in total. The largest absolute Gasteiger partial charge is 0.478 e. The summed E-state index contributed by atoms with van der Waals surface area (Å²) in [5.74, 6) is -1.57. The lowest BCUT2D eigenvalue weighted by Gasteiger charge is -2.10. The fourth-order valence-electron chi connectivity index (χ4n) is 1.72. The number of aromatic carboxylic acids is 1. The number of hydrogen-bond acceptors (Lipinski definition) is 4. The molecule has 0 saturated carbocycles. The fraction of sp³-hybridized carbons (Fsp3) is 0. The molecule has 6 N–H and O–H groups in total. The number of primary amides is 1. The fourth-order valence-corrected chi connectivity index (χ4v) is 1.72. The molecule has 0 saturated heterocycles. The minimum Gasteiger partial charge on any atom is -0.478 e. The number of amides is 1. The number of benzene rings is 2. The third-order valence-corrected chi connectivity index (χ3v) is 2.72. The van der Waals surface area contributed by atoms with Gasteiger partial charge >= 0.3 is 5.97 Å². The predicted molar refractivity (Wildman–Crippen MR) is 76.1 cm³/mol. The van der Waals surface area contributed by atoms with E-state index in [1.54, 1.807) is 30.3 Å². The third kappa shape index (κ3) is 2.86. The topological polar surface area (TPSA) is 118 Å². The van der Waals surface area contributed by atoms with Crippen LogP contribution in [0.2, 0.25) is 0 Å². The van der Waals surface area contributed by atoms with Crippen LogP contribution < -0.4 is 16.8 Å². The molecule has 0 aliphatic rings. The zero-order valence-electron chi connectivity index (χ0n) is 10.5. The summed E-state index contributed by atoms with van der Waals surface area (Å²) in [7, 11) is 0. The first kappa shape index (κ1) is 13.4. The van der Waals surface area contributed by atoms with Gasteiger partial charge in [-0.1, -0.05) is 6.07 Å². The molecule has 2 rings (SSSR count). The first-order valence-electron chi connectivity index (χ1n) is 5.77. The molecule has 0 unspecified atom stereocenters. The molecule has 0 aliphatic heterocycles. The van der Waals surface area contributed by atoms with Gasteiger partial charge in [-0.2, -0.15) is 0 Å². The van der Waals surface area contributed by atoms with Crippen LogP contribution in [0.3, 0.4) is 0 Å². The van der Waals surface area contributed by atoms with E-state index in [-0.39, 0.29) is 5.56 Å². The maximum Gasteiger partial charge on any atom is 0.335 e. The highest BCUT2D eigenvalue weighted by Crippen LogP contribution is 2.24. The van der Waals surface area contributed by atoms with E-state index in [1.165, 1.54) is 12.1 Å². The summed E-state index contributed by atoms with van der Waals surface area (Å²) in [6.07, 6.45) is 0. The van der Waals surface area contributed by atoms with E-state index >= 15 is 0 Å². The molecular formula is C14H13N3O3. The smallest absolute Gasteiger partial charge is 0.335 e. The van der Waals surface area contributed by atoms with Crippen molar-refractivity contribution < 1.29 is 14.7 Å². The van der Waals surface area contributed by atoms with Gasteiger partial charge in [0.15, 0.2) is 0 Å². The summed E-state index contributed by atoms with van der Waals surface area (Å²) < 4.78 is 0. The number of hydrogen-bond donors (Lipinski definition) is 4. The third-order valence-electron chi connectivity index (χ3n) is 2.72. The number of carboxylic acids is 1. The second kappa shape index (κ2) is 5.31. The van der Waals surface area contributed by atoms with Crippen LogP contribution >= 0.6 is 0 Å². The summed E-state index contributed by atoms with van der Waals surface area (Å²) in [4.78, 5) is 21.9. The van der Waals surface area contributed by atoms with Crippen LogP contribution in [0.4, 0.5) is 17.1 Å². The Morgan fingerprint density at radius 3 is 2.40 bits per heavy atom. The van der Waals surface area contributed by atoms with Gasteiger partial charge in [-0.25, -0.2) is 4.79 Å². The Bertz CT molecular complexity index is 683. The van der Waals surface area contributed by atoms with Crippen molar-refractivity contribution in [2.45, 2.75) is 0 Å². The number of carbonyl (C=O) groups is 2. The summed E-state index contributed by atoms with van der Waals surface area (Å²) in [6.45, 7) is 0. The van der Waals surface area contributed by atoms with Crippen LogP contribution in [-0.2, 0) is 0 Å². The first-order chi connectivity index (χ1) is 9.47. The molecule has 6 heteroatoms. The molecule has 0 radical (unpaired) electrons. The lowest BCUT2D eigenvalue weighted by Crippen LogP contribution is -2.11. The van der Waals surface area contributed by atoms with Gasteiger partial charge in [0.05, 0.1) is 16.9 Å². The molecule has 0 aromatic heterocycles. The summed E-state index contributed by atoms with van der Waals surface area (Å²) >= 11 is 0. The highest BCUT2D eigenvalue weighted by Gasteiger charge is 2.07. The second-order valence-electron chi connectivity index (χ2n) is 4.18. The maximum atomic E-state index is 11.1. The van der Waals surface area contributed by atoms with Crippen molar-refractivity contribution in [3.63, 3.8) is 0 Å². The van der Waals surface area contributed by atoms with Crippen LogP contribution in [0.15, 0.2) is 42.5 Å². The van der Waals surface area contributed by atoms with Gasteiger partial charge in [-0.15, -0.1) is 0 Å². The number of nitrogens with one attached hydrogen (secondary N) is 1. The Hall–Kier alpha value is -3.02. The average Bonchev–Trinajstić information content (AvgIpc) is 2.41. The van der Waals surface area contributed by atoms with Gasteiger partial charge in [0.2, 0.25) is 5.91 Å². The minimum atomic E-state index is -1.04. The zero-order valence-corrected chi connectivity index (χ0v) is 10.5. The number of nitrogen functional groups attached to an aromatic ring is 1. The zero-order chi connectivity index (χ0) is 14.7. The van der Waals surface area contributed by atoms with Crippen molar-refractivity contribution in [2.24, 2.45) is 5.73 Å². The van der Waals surface area contributed by atoms with E-state index in [1.807, 2.05) is 0 Å². The molecule has 2 aromatic rings. The summed E-state index contributed by atoms with van der Waals surface area (Å²) in [5, 5.41) is 11.9. The van der Waals surface area contributed by atoms with Crippen LogP contribution in [0.5, 0.6) is 0 Å². The van der Waals surface area contributed by atoms with Gasteiger partial charge in [0.1, 0.15) is 0 Å². The minimum absolute atomic E-state index is 0.110. The predicted octanol–water partition coefficient (Wildman–Crippen LogP) is 1.81. The van der Waals surface area contributed by atoms with Crippen molar-refractivity contribution in [3.05, 3.63) is 53.6 Å². The molecule has 0 heterocycles. The molecule has 20 heavy (non-hydrogen) atoms. The molecule has 1 amide bonds. The van der Waals surface area contributed by atoms with Crippen LogP contribution in [0, 0.1) is 0 Å². The van der Waals surface area contributed by atoms with Gasteiger partial charge in [0, 0.05) is 11.3 Å². The first-order valence-corrected chi connectivity index (χ1v) is 5.77. The molecule has 0 aliphatic carbocycles. The molecule has 102 valence electrons. The maximum absolute atomic E-state index is 11.1. The van der Waals surface area contributed by atoms with Crippen molar-refractivity contribution in [3.8, 4) is 0 Å². The number of nitrogens with two attached hydrogens (primary N) is 2. The van der Waals surface area contributed by atoms with Crippen LogP contribution in [0.1, 0.15) is 20.7 Å². The number of rotatable bonds is 4. The van der Waals surface area contributed by atoms with Crippen molar-refractivity contribution >= 4 is 28.9 Å². The van der Waals surface area contributed by atoms with E-state index in [9.17, 15) is 9.59 Å².